The van der Waals surface area contributed by atoms with E-state index in [1.165, 1.54) is 0 Å². The lowest BCUT2D eigenvalue weighted by Crippen LogP contribution is -2.39. The van der Waals surface area contributed by atoms with Gasteiger partial charge in [-0.1, -0.05) is 36.4 Å². The molecular formula is C20H22N2O3. The molecule has 2 amide bonds. The summed E-state index contributed by atoms with van der Waals surface area (Å²) in [4.78, 5) is 14.6. The molecule has 0 bridgehead atoms. The number of nitrogens with zero attached hydrogens (tertiary/aromatic N) is 1. The summed E-state index contributed by atoms with van der Waals surface area (Å²) in [6, 6.07) is 16.1. The fourth-order valence-corrected chi connectivity index (χ4v) is 3.50. The van der Waals surface area contributed by atoms with Crippen LogP contribution in [0.15, 0.2) is 48.5 Å². The highest BCUT2D eigenvalue weighted by atomic mass is 16.6. The Morgan fingerprint density at radius 2 is 1.88 bits per heavy atom. The van der Waals surface area contributed by atoms with Gasteiger partial charge in [0, 0.05) is 13.1 Å². The molecule has 0 radical (unpaired) electrons. The third-order valence-corrected chi connectivity index (χ3v) is 4.75. The number of carbonyl (C=O) groups excluding carboxylic acids is 1. The van der Waals surface area contributed by atoms with Crippen LogP contribution in [0.4, 0.5) is 4.79 Å². The van der Waals surface area contributed by atoms with E-state index < -0.39 is 0 Å². The normalized spacial score (nSPS) is 18.9. The summed E-state index contributed by atoms with van der Waals surface area (Å²) in [6.07, 6.45) is 1.98. The maximum atomic E-state index is 12.7. The lowest BCUT2D eigenvalue weighted by atomic mass is 10.0. The van der Waals surface area contributed by atoms with E-state index in [1.54, 1.807) is 0 Å². The molecule has 1 fully saturated rings. The summed E-state index contributed by atoms with van der Waals surface area (Å²) in [5.41, 5.74) is 2.21. The topological polar surface area (TPSA) is 50.8 Å². The van der Waals surface area contributed by atoms with Crippen LogP contribution in [0.5, 0.6) is 11.5 Å². The average Bonchev–Trinajstić information content (AvgIpc) is 3.16. The predicted molar refractivity (Wildman–Crippen MR) is 94.8 cm³/mol. The highest BCUT2D eigenvalue weighted by molar-refractivity contribution is 5.75. The lowest BCUT2D eigenvalue weighted by molar-refractivity contribution is 0.170. The second-order valence-corrected chi connectivity index (χ2v) is 6.40. The van der Waals surface area contributed by atoms with E-state index in [0.717, 1.165) is 42.0 Å². The molecule has 1 atom stereocenters. The molecule has 2 heterocycles. The number of urea groups is 1. The molecule has 0 saturated carbocycles. The minimum Gasteiger partial charge on any atom is -0.486 e. The van der Waals surface area contributed by atoms with Gasteiger partial charge in [0.15, 0.2) is 11.5 Å². The first-order chi connectivity index (χ1) is 12.3. The molecule has 0 aliphatic carbocycles. The standard InChI is InChI=1S/C20H22N2O3/c23-20(21-14-15-5-2-1-3-6-15)22-10-4-7-17(22)16-8-9-18-19(13-16)25-12-11-24-18/h1-3,5-6,8-9,13,17H,4,7,10-12,14H2,(H,21,23)/t17-/m1/s1. The van der Waals surface area contributed by atoms with Gasteiger partial charge in [0.1, 0.15) is 13.2 Å². The Bertz CT molecular complexity index is 748. The van der Waals surface area contributed by atoms with Crippen molar-refractivity contribution in [1.29, 1.82) is 0 Å². The fraction of sp³-hybridized carbons (Fsp3) is 0.350. The molecule has 5 nitrogen and oxygen atoms in total. The smallest absolute Gasteiger partial charge is 0.318 e. The van der Waals surface area contributed by atoms with Crippen molar-refractivity contribution in [1.82, 2.24) is 10.2 Å². The minimum atomic E-state index is -0.0127. The van der Waals surface area contributed by atoms with Gasteiger partial charge in [-0.3, -0.25) is 0 Å². The van der Waals surface area contributed by atoms with Crippen molar-refractivity contribution in [3.05, 3.63) is 59.7 Å². The molecule has 0 aromatic heterocycles. The summed E-state index contributed by atoms with van der Waals surface area (Å²) < 4.78 is 11.3. The van der Waals surface area contributed by atoms with Gasteiger partial charge in [-0.05, 0) is 36.1 Å². The van der Waals surface area contributed by atoms with Crippen LogP contribution < -0.4 is 14.8 Å². The van der Waals surface area contributed by atoms with Crippen molar-refractivity contribution < 1.29 is 14.3 Å². The van der Waals surface area contributed by atoms with Crippen LogP contribution in [0.3, 0.4) is 0 Å². The zero-order valence-corrected chi connectivity index (χ0v) is 14.1. The molecule has 1 N–H and O–H groups in total. The van der Waals surface area contributed by atoms with Crippen LogP contribution in [-0.2, 0) is 6.54 Å². The molecule has 25 heavy (non-hydrogen) atoms. The highest BCUT2D eigenvalue weighted by Crippen LogP contribution is 2.38. The van der Waals surface area contributed by atoms with Crippen LogP contribution in [0.1, 0.15) is 30.0 Å². The summed E-state index contributed by atoms with van der Waals surface area (Å²) in [7, 11) is 0. The molecule has 2 aromatic carbocycles. The number of ether oxygens (including phenoxy) is 2. The third-order valence-electron chi connectivity index (χ3n) is 4.75. The first kappa shape index (κ1) is 15.8. The number of benzene rings is 2. The first-order valence-electron chi connectivity index (χ1n) is 8.79. The minimum absolute atomic E-state index is 0.0127. The monoisotopic (exact) mass is 338 g/mol. The van der Waals surface area contributed by atoms with E-state index in [9.17, 15) is 4.79 Å². The van der Waals surface area contributed by atoms with Gasteiger partial charge in [-0.2, -0.15) is 0 Å². The number of amides is 2. The van der Waals surface area contributed by atoms with Crippen LogP contribution >= 0.6 is 0 Å². The average molecular weight is 338 g/mol. The Balaban J connectivity index is 1.45. The molecule has 5 heteroatoms. The van der Waals surface area contributed by atoms with Gasteiger partial charge in [-0.15, -0.1) is 0 Å². The van der Waals surface area contributed by atoms with Crippen LogP contribution in [-0.4, -0.2) is 30.7 Å². The van der Waals surface area contributed by atoms with Crippen LogP contribution in [0.25, 0.3) is 0 Å². The van der Waals surface area contributed by atoms with Gasteiger partial charge in [-0.25, -0.2) is 4.79 Å². The molecule has 1 saturated heterocycles. The molecular weight excluding hydrogens is 316 g/mol. The summed E-state index contributed by atoms with van der Waals surface area (Å²) in [6.45, 7) is 2.48. The molecule has 4 rings (SSSR count). The van der Waals surface area contributed by atoms with E-state index in [4.69, 9.17) is 9.47 Å². The SMILES string of the molecule is O=C(NCc1ccccc1)N1CCC[C@@H]1c1ccc2c(c1)OCCO2. The summed E-state index contributed by atoms with van der Waals surface area (Å²) in [5.74, 6) is 1.56. The van der Waals surface area contributed by atoms with E-state index in [2.05, 4.69) is 5.32 Å². The zero-order chi connectivity index (χ0) is 17.1. The summed E-state index contributed by atoms with van der Waals surface area (Å²) in [5, 5.41) is 3.03. The van der Waals surface area contributed by atoms with E-state index in [1.807, 2.05) is 53.4 Å². The van der Waals surface area contributed by atoms with Gasteiger partial charge in [0.25, 0.3) is 0 Å². The maximum Gasteiger partial charge on any atom is 0.318 e. The van der Waals surface area contributed by atoms with Gasteiger partial charge < -0.3 is 19.7 Å². The number of nitrogens with one attached hydrogen (secondary N) is 1. The van der Waals surface area contributed by atoms with E-state index >= 15 is 0 Å². The summed E-state index contributed by atoms with van der Waals surface area (Å²) >= 11 is 0. The van der Waals surface area contributed by atoms with Crippen molar-refractivity contribution in [2.45, 2.75) is 25.4 Å². The Morgan fingerprint density at radius 1 is 1.08 bits per heavy atom. The number of hydrogen-bond donors (Lipinski definition) is 1. The van der Waals surface area contributed by atoms with Crippen molar-refractivity contribution in [2.24, 2.45) is 0 Å². The third kappa shape index (κ3) is 3.40. The predicted octanol–water partition coefficient (Wildman–Crippen LogP) is 3.50. The Kier molecular flexibility index (Phi) is 4.46. The second-order valence-electron chi connectivity index (χ2n) is 6.40. The van der Waals surface area contributed by atoms with Crippen molar-refractivity contribution >= 4 is 6.03 Å². The lowest BCUT2D eigenvalue weighted by Gasteiger charge is -2.27. The molecule has 0 unspecified atom stereocenters. The van der Waals surface area contributed by atoms with Gasteiger partial charge >= 0.3 is 6.03 Å². The van der Waals surface area contributed by atoms with Crippen molar-refractivity contribution in [2.75, 3.05) is 19.8 Å². The number of fused-ring (bicyclic) bond motifs is 1. The number of carbonyl (C=O) groups is 1. The fourth-order valence-electron chi connectivity index (χ4n) is 3.50. The van der Waals surface area contributed by atoms with Crippen molar-refractivity contribution in [3.8, 4) is 11.5 Å². The van der Waals surface area contributed by atoms with Gasteiger partial charge in [0.05, 0.1) is 6.04 Å². The van der Waals surface area contributed by atoms with E-state index in [0.29, 0.717) is 19.8 Å². The second kappa shape index (κ2) is 7.05. The highest BCUT2D eigenvalue weighted by Gasteiger charge is 2.30. The number of rotatable bonds is 3. The molecule has 2 aliphatic rings. The largest absolute Gasteiger partial charge is 0.486 e. The Morgan fingerprint density at radius 3 is 2.72 bits per heavy atom. The van der Waals surface area contributed by atoms with Crippen LogP contribution in [0.2, 0.25) is 0 Å². The molecule has 130 valence electrons. The molecule has 2 aromatic rings. The number of likely N-dealkylation sites (tertiary alicyclic amines) is 1. The number of hydrogen-bond acceptors (Lipinski definition) is 3. The molecule has 0 spiro atoms. The van der Waals surface area contributed by atoms with Crippen LogP contribution in [0, 0.1) is 0 Å². The molecule has 2 aliphatic heterocycles. The van der Waals surface area contributed by atoms with E-state index in [-0.39, 0.29) is 12.1 Å². The Hall–Kier alpha value is -2.69. The zero-order valence-electron chi connectivity index (χ0n) is 14.1. The van der Waals surface area contributed by atoms with Gasteiger partial charge in [0.2, 0.25) is 0 Å². The van der Waals surface area contributed by atoms with Crippen molar-refractivity contribution in [3.63, 3.8) is 0 Å². The Labute approximate surface area is 147 Å². The maximum absolute atomic E-state index is 12.7. The first-order valence-corrected chi connectivity index (χ1v) is 8.79. The quantitative estimate of drug-likeness (QED) is 0.932.